The monoisotopic (exact) mass is 304 g/mol. The first-order valence-corrected chi connectivity index (χ1v) is 7.82. The lowest BCUT2D eigenvalue weighted by Gasteiger charge is -2.27. The van der Waals surface area contributed by atoms with Gasteiger partial charge in [-0.15, -0.1) is 0 Å². The fraction of sp³-hybridized carbons (Fsp3) is 0.647. The molecule has 1 fully saturated rings. The maximum absolute atomic E-state index is 12.4. The van der Waals surface area contributed by atoms with E-state index in [1.165, 1.54) is 5.56 Å². The number of carbonyl (C=O) groups excluding carboxylic acids is 1. The van der Waals surface area contributed by atoms with Crippen LogP contribution in [0.5, 0.6) is 5.75 Å². The molecule has 2 aliphatic heterocycles. The van der Waals surface area contributed by atoms with Gasteiger partial charge in [0.15, 0.2) is 0 Å². The molecule has 3 heterocycles. The van der Waals surface area contributed by atoms with Crippen molar-refractivity contribution in [2.75, 3.05) is 6.54 Å². The highest BCUT2D eigenvalue weighted by Gasteiger charge is 2.50. The quantitative estimate of drug-likeness (QED) is 0.739. The zero-order chi connectivity index (χ0) is 16.1. The summed E-state index contributed by atoms with van der Waals surface area (Å²) in [7, 11) is 0. The number of hydrogen-bond donors (Lipinski definition) is 0. The lowest BCUT2D eigenvalue weighted by Crippen LogP contribution is -2.42. The fourth-order valence-electron chi connectivity index (χ4n) is 3.40. The molecule has 2 atom stereocenters. The van der Waals surface area contributed by atoms with Gasteiger partial charge in [0.25, 0.3) is 0 Å². The fourth-order valence-corrected chi connectivity index (χ4v) is 3.40. The summed E-state index contributed by atoms with van der Waals surface area (Å²) in [5.74, 6) is 0.851. The number of aryl methyl sites for hydroxylation is 1. The SMILES string of the molecule is Cc1cc2c(cn1)OC1(C2)CC(C)N(C(=O)OC(C)(C)C)C1. The van der Waals surface area contributed by atoms with Crippen molar-refractivity contribution in [1.82, 2.24) is 9.88 Å². The number of ether oxygens (including phenoxy) is 2. The molecule has 1 aromatic heterocycles. The van der Waals surface area contributed by atoms with Crippen LogP contribution in [0.3, 0.4) is 0 Å². The number of likely N-dealkylation sites (tertiary alicyclic amines) is 1. The van der Waals surface area contributed by atoms with Crippen LogP contribution in [0, 0.1) is 6.92 Å². The Morgan fingerprint density at radius 1 is 1.50 bits per heavy atom. The van der Waals surface area contributed by atoms with E-state index in [-0.39, 0.29) is 17.7 Å². The van der Waals surface area contributed by atoms with Gasteiger partial charge in [-0.25, -0.2) is 4.79 Å². The number of rotatable bonds is 0. The second-order valence-corrected chi connectivity index (χ2v) is 7.56. The maximum Gasteiger partial charge on any atom is 0.410 e. The predicted octanol–water partition coefficient (Wildman–Crippen LogP) is 3.09. The Morgan fingerprint density at radius 2 is 2.23 bits per heavy atom. The highest BCUT2D eigenvalue weighted by molar-refractivity contribution is 5.69. The van der Waals surface area contributed by atoms with Crippen LogP contribution in [0.2, 0.25) is 0 Å². The van der Waals surface area contributed by atoms with E-state index in [1.54, 1.807) is 11.1 Å². The second-order valence-electron chi connectivity index (χ2n) is 7.56. The molecule has 0 aliphatic carbocycles. The van der Waals surface area contributed by atoms with Crippen molar-refractivity contribution < 1.29 is 14.3 Å². The van der Waals surface area contributed by atoms with E-state index in [2.05, 4.69) is 18.0 Å². The average Bonchev–Trinajstić information content (AvgIpc) is 2.86. The largest absolute Gasteiger partial charge is 0.483 e. The lowest BCUT2D eigenvalue weighted by molar-refractivity contribution is 0.0191. The number of fused-ring (bicyclic) bond motifs is 1. The van der Waals surface area contributed by atoms with Gasteiger partial charge in [0.1, 0.15) is 17.0 Å². The zero-order valence-electron chi connectivity index (χ0n) is 14.0. The molecule has 1 amide bonds. The van der Waals surface area contributed by atoms with Crippen LogP contribution in [0.1, 0.15) is 45.4 Å². The van der Waals surface area contributed by atoms with E-state index in [9.17, 15) is 4.79 Å². The Morgan fingerprint density at radius 3 is 2.91 bits per heavy atom. The summed E-state index contributed by atoms with van der Waals surface area (Å²) in [4.78, 5) is 18.5. The highest BCUT2D eigenvalue weighted by Crippen LogP contribution is 2.42. The zero-order valence-corrected chi connectivity index (χ0v) is 14.0. The van der Waals surface area contributed by atoms with Crippen molar-refractivity contribution in [2.45, 2.75) is 64.7 Å². The minimum Gasteiger partial charge on any atom is -0.483 e. The lowest BCUT2D eigenvalue weighted by atomic mass is 9.95. The van der Waals surface area contributed by atoms with Crippen LogP contribution < -0.4 is 4.74 Å². The molecule has 1 saturated heterocycles. The topological polar surface area (TPSA) is 51.7 Å². The molecule has 2 unspecified atom stereocenters. The molecule has 0 radical (unpaired) electrons. The molecule has 22 heavy (non-hydrogen) atoms. The van der Waals surface area contributed by atoms with Crippen LogP contribution in [-0.2, 0) is 11.2 Å². The molecular formula is C17H24N2O3. The van der Waals surface area contributed by atoms with Crippen molar-refractivity contribution in [3.8, 4) is 5.75 Å². The molecule has 0 aromatic carbocycles. The molecular weight excluding hydrogens is 280 g/mol. The van der Waals surface area contributed by atoms with Crippen LogP contribution in [0.25, 0.3) is 0 Å². The number of hydrogen-bond acceptors (Lipinski definition) is 4. The highest BCUT2D eigenvalue weighted by atomic mass is 16.6. The summed E-state index contributed by atoms with van der Waals surface area (Å²) in [6, 6.07) is 2.18. The van der Waals surface area contributed by atoms with Crippen molar-refractivity contribution in [3.63, 3.8) is 0 Å². The molecule has 0 bridgehead atoms. The van der Waals surface area contributed by atoms with E-state index in [0.29, 0.717) is 6.54 Å². The predicted molar refractivity (Wildman–Crippen MR) is 83.1 cm³/mol. The van der Waals surface area contributed by atoms with Gasteiger partial charge >= 0.3 is 6.09 Å². The number of amides is 1. The third-order valence-electron chi connectivity index (χ3n) is 4.21. The van der Waals surface area contributed by atoms with Crippen molar-refractivity contribution >= 4 is 6.09 Å². The molecule has 0 N–H and O–H groups in total. The molecule has 2 aliphatic rings. The van der Waals surface area contributed by atoms with Gasteiger partial charge in [0, 0.05) is 30.1 Å². The number of pyridine rings is 1. The number of nitrogens with zero attached hydrogens (tertiary/aromatic N) is 2. The first kappa shape index (κ1) is 15.1. The van der Waals surface area contributed by atoms with Gasteiger partial charge in [-0.2, -0.15) is 0 Å². The van der Waals surface area contributed by atoms with Crippen molar-refractivity contribution in [2.24, 2.45) is 0 Å². The molecule has 5 nitrogen and oxygen atoms in total. The van der Waals surface area contributed by atoms with Crippen LogP contribution in [0.4, 0.5) is 4.79 Å². The van der Waals surface area contributed by atoms with Crippen molar-refractivity contribution in [3.05, 3.63) is 23.5 Å². The normalized spacial score (nSPS) is 27.0. The van der Waals surface area contributed by atoms with Gasteiger partial charge in [0.05, 0.1) is 12.7 Å². The number of aromatic nitrogens is 1. The first-order chi connectivity index (χ1) is 10.2. The van der Waals surface area contributed by atoms with Crippen LogP contribution >= 0.6 is 0 Å². The Labute approximate surface area is 131 Å². The first-order valence-electron chi connectivity index (χ1n) is 7.82. The Hall–Kier alpha value is -1.78. The van der Waals surface area contributed by atoms with E-state index in [1.807, 2.05) is 27.7 Å². The third kappa shape index (κ3) is 2.76. The van der Waals surface area contributed by atoms with E-state index in [4.69, 9.17) is 9.47 Å². The standard InChI is InChI=1S/C17H24N2O3/c1-11-6-13-8-17(21-14(13)9-18-11)7-12(2)19(10-17)15(20)22-16(3,4)5/h6,9,12H,7-8,10H2,1-5H3. The maximum atomic E-state index is 12.4. The summed E-state index contributed by atoms with van der Waals surface area (Å²) in [5.41, 5.74) is 1.38. The minimum absolute atomic E-state index is 0.109. The van der Waals surface area contributed by atoms with Crippen LogP contribution in [0.15, 0.2) is 12.3 Å². The molecule has 120 valence electrons. The van der Waals surface area contributed by atoms with Gasteiger partial charge in [-0.05, 0) is 40.7 Å². The summed E-state index contributed by atoms with van der Waals surface area (Å²) in [6.07, 6.45) is 3.18. The molecule has 1 spiro atoms. The molecule has 5 heteroatoms. The van der Waals surface area contributed by atoms with E-state index in [0.717, 1.165) is 24.3 Å². The van der Waals surface area contributed by atoms with Gasteiger partial charge < -0.3 is 14.4 Å². The van der Waals surface area contributed by atoms with E-state index < -0.39 is 5.60 Å². The second kappa shape index (κ2) is 4.86. The Bertz CT molecular complexity index is 608. The minimum atomic E-state index is -0.479. The summed E-state index contributed by atoms with van der Waals surface area (Å²) >= 11 is 0. The van der Waals surface area contributed by atoms with E-state index >= 15 is 0 Å². The average molecular weight is 304 g/mol. The molecule has 0 saturated carbocycles. The molecule has 1 aromatic rings. The summed E-state index contributed by atoms with van der Waals surface area (Å²) < 4.78 is 11.7. The molecule has 3 rings (SSSR count). The summed E-state index contributed by atoms with van der Waals surface area (Å²) in [5, 5.41) is 0. The smallest absolute Gasteiger partial charge is 0.410 e. The Balaban J connectivity index is 1.76. The van der Waals surface area contributed by atoms with Gasteiger partial charge in [0.2, 0.25) is 0 Å². The van der Waals surface area contributed by atoms with Gasteiger partial charge in [-0.3, -0.25) is 4.98 Å². The van der Waals surface area contributed by atoms with Gasteiger partial charge in [-0.1, -0.05) is 0 Å². The summed E-state index contributed by atoms with van der Waals surface area (Å²) in [6.45, 7) is 10.3. The number of carbonyl (C=O) groups is 1. The Kier molecular flexibility index (Phi) is 3.34. The third-order valence-corrected chi connectivity index (χ3v) is 4.21. The van der Waals surface area contributed by atoms with Crippen molar-refractivity contribution in [1.29, 1.82) is 0 Å². The van der Waals surface area contributed by atoms with Crippen LogP contribution in [-0.4, -0.2) is 39.8 Å².